The number of rotatable bonds is 6. The van der Waals surface area contributed by atoms with E-state index in [0.29, 0.717) is 6.04 Å². The molecule has 0 aromatic carbocycles. The van der Waals surface area contributed by atoms with Gasteiger partial charge in [0.05, 0.1) is 0 Å². The van der Waals surface area contributed by atoms with Crippen molar-refractivity contribution in [2.24, 2.45) is 5.92 Å². The molecule has 2 saturated heterocycles. The van der Waals surface area contributed by atoms with E-state index >= 15 is 0 Å². The van der Waals surface area contributed by atoms with Gasteiger partial charge in [-0.1, -0.05) is 13.8 Å². The molecular weight excluding hydrogens is 246 g/mol. The van der Waals surface area contributed by atoms with E-state index in [0.717, 1.165) is 18.0 Å². The fourth-order valence-electron chi connectivity index (χ4n) is 3.77. The van der Waals surface area contributed by atoms with Gasteiger partial charge in [-0.15, -0.1) is 0 Å². The van der Waals surface area contributed by atoms with E-state index in [2.05, 4.69) is 42.8 Å². The SMILES string of the molecule is CC(C)C(CNC1CCN(C(C)C)CC1)N1CCCC1. The van der Waals surface area contributed by atoms with Crippen molar-refractivity contribution < 1.29 is 0 Å². The Morgan fingerprint density at radius 2 is 1.50 bits per heavy atom. The number of hydrogen-bond acceptors (Lipinski definition) is 3. The highest BCUT2D eigenvalue weighted by atomic mass is 15.2. The number of likely N-dealkylation sites (tertiary alicyclic amines) is 2. The molecule has 0 radical (unpaired) electrons. The fourth-order valence-corrected chi connectivity index (χ4v) is 3.77. The summed E-state index contributed by atoms with van der Waals surface area (Å²) in [6, 6.07) is 2.19. The minimum absolute atomic E-state index is 0.712. The first-order chi connectivity index (χ1) is 9.58. The fraction of sp³-hybridized carbons (Fsp3) is 1.00. The molecule has 3 heteroatoms. The van der Waals surface area contributed by atoms with Gasteiger partial charge in [-0.2, -0.15) is 0 Å². The smallest absolute Gasteiger partial charge is 0.0243 e. The quantitative estimate of drug-likeness (QED) is 0.807. The third-order valence-electron chi connectivity index (χ3n) is 5.25. The van der Waals surface area contributed by atoms with Gasteiger partial charge in [0.1, 0.15) is 0 Å². The van der Waals surface area contributed by atoms with E-state index in [4.69, 9.17) is 0 Å². The Labute approximate surface area is 126 Å². The van der Waals surface area contributed by atoms with Gasteiger partial charge in [-0.3, -0.25) is 4.90 Å². The zero-order chi connectivity index (χ0) is 14.5. The lowest BCUT2D eigenvalue weighted by Crippen LogP contribution is -2.50. The van der Waals surface area contributed by atoms with Crippen molar-refractivity contribution in [3.63, 3.8) is 0 Å². The van der Waals surface area contributed by atoms with Crippen LogP contribution in [0.4, 0.5) is 0 Å². The minimum atomic E-state index is 0.712. The Balaban J connectivity index is 1.73. The van der Waals surface area contributed by atoms with Crippen molar-refractivity contribution in [1.29, 1.82) is 0 Å². The van der Waals surface area contributed by atoms with Gasteiger partial charge in [0.2, 0.25) is 0 Å². The second kappa shape index (κ2) is 7.77. The highest BCUT2D eigenvalue weighted by molar-refractivity contribution is 4.84. The van der Waals surface area contributed by atoms with Gasteiger partial charge >= 0.3 is 0 Å². The molecular formula is C17H35N3. The second-order valence-corrected chi connectivity index (χ2v) is 7.37. The van der Waals surface area contributed by atoms with Crippen LogP contribution in [-0.4, -0.2) is 60.6 Å². The topological polar surface area (TPSA) is 18.5 Å². The molecule has 0 bridgehead atoms. The Kier molecular flexibility index (Phi) is 6.31. The van der Waals surface area contributed by atoms with Gasteiger partial charge in [-0.05, 0) is 71.6 Å². The summed E-state index contributed by atoms with van der Waals surface area (Å²) in [5, 5.41) is 3.87. The van der Waals surface area contributed by atoms with Crippen molar-refractivity contribution >= 4 is 0 Å². The zero-order valence-electron chi connectivity index (χ0n) is 14.1. The standard InChI is InChI=1S/C17H35N3/c1-14(2)17(20-9-5-6-10-20)13-18-16-7-11-19(12-8-16)15(3)4/h14-18H,5-13H2,1-4H3. The van der Waals surface area contributed by atoms with E-state index in [1.807, 2.05) is 0 Å². The summed E-state index contributed by atoms with van der Waals surface area (Å²) in [6.07, 6.45) is 5.44. The molecule has 2 heterocycles. The number of nitrogens with one attached hydrogen (secondary N) is 1. The molecule has 2 fully saturated rings. The van der Waals surface area contributed by atoms with Gasteiger partial charge in [0.25, 0.3) is 0 Å². The van der Waals surface area contributed by atoms with Crippen molar-refractivity contribution in [3.8, 4) is 0 Å². The van der Waals surface area contributed by atoms with Crippen LogP contribution < -0.4 is 5.32 Å². The maximum absolute atomic E-state index is 3.87. The average Bonchev–Trinajstić information content (AvgIpc) is 2.93. The summed E-state index contributed by atoms with van der Waals surface area (Å²) in [6.45, 7) is 15.7. The van der Waals surface area contributed by atoms with Crippen molar-refractivity contribution in [2.75, 3.05) is 32.7 Å². The average molecular weight is 281 g/mol. The largest absolute Gasteiger partial charge is 0.312 e. The molecule has 0 aromatic heterocycles. The molecule has 2 aliphatic rings. The molecule has 0 amide bonds. The van der Waals surface area contributed by atoms with Crippen LogP contribution in [0.5, 0.6) is 0 Å². The lowest BCUT2D eigenvalue weighted by molar-refractivity contribution is 0.144. The second-order valence-electron chi connectivity index (χ2n) is 7.37. The van der Waals surface area contributed by atoms with Crippen molar-refractivity contribution in [1.82, 2.24) is 15.1 Å². The summed E-state index contributed by atoms with van der Waals surface area (Å²) in [7, 11) is 0. The van der Waals surface area contributed by atoms with Crippen LogP contribution in [0.3, 0.4) is 0 Å². The van der Waals surface area contributed by atoms with Crippen LogP contribution >= 0.6 is 0 Å². The first-order valence-corrected chi connectivity index (χ1v) is 8.79. The lowest BCUT2D eigenvalue weighted by atomic mass is 10.00. The van der Waals surface area contributed by atoms with Crippen molar-refractivity contribution in [2.45, 2.75) is 71.5 Å². The third-order valence-corrected chi connectivity index (χ3v) is 5.25. The molecule has 0 aromatic rings. The normalized spacial score (nSPS) is 24.9. The summed E-state index contributed by atoms with van der Waals surface area (Å²) >= 11 is 0. The van der Waals surface area contributed by atoms with E-state index in [1.165, 1.54) is 58.4 Å². The number of piperidine rings is 1. The first-order valence-electron chi connectivity index (χ1n) is 8.79. The van der Waals surface area contributed by atoms with Gasteiger partial charge in [0.15, 0.2) is 0 Å². The molecule has 0 aliphatic carbocycles. The molecule has 1 atom stereocenters. The van der Waals surface area contributed by atoms with E-state index in [9.17, 15) is 0 Å². The molecule has 2 rings (SSSR count). The van der Waals surface area contributed by atoms with E-state index < -0.39 is 0 Å². The maximum Gasteiger partial charge on any atom is 0.0243 e. The summed E-state index contributed by atoms with van der Waals surface area (Å²) in [4.78, 5) is 5.32. The molecule has 1 N–H and O–H groups in total. The van der Waals surface area contributed by atoms with Gasteiger partial charge in [0, 0.05) is 24.7 Å². The van der Waals surface area contributed by atoms with Gasteiger partial charge < -0.3 is 10.2 Å². The molecule has 118 valence electrons. The zero-order valence-corrected chi connectivity index (χ0v) is 14.1. The van der Waals surface area contributed by atoms with Crippen molar-refractivity contribution in [3.05, 3.63) is 0 Å². The number of hydrogen-bond donors (Lipinski definition) is 1. The molecule has 2 aliphatic heterocycles. The van der Waals surface area contributed by atoms with Crippen LogP contribution in [0.15, 0.2) is 0 Å². The number of nitrogens with zero attached hydrogens (tertiary/aromatic N) is 2. The minimum Gasteiger partial charge on any atom is -0.312 e. The predicted molar refractivity (Wildman–Crippen MR) is 87.2 cm³/mol. The Bertz CT molecular complexity index is 263. The van der Waals surface area contributed by atoms with Crippen LogP contribution in [0.25, 0.3) is 0 Å². The van der Waals surface area contributed by atoms with Crippen LogP contribution in [0.1, 0.15) is 53.4 Å². The maximum atomic E-state index is 3.87. The Hall–Kier alpha value is -0.120. The highest BCUT2D eigenvalue weighted by Crippen LogP contribution is 2.18. The van der Waals surface area contributed by atoms with E-state index in [1.54, 1.807) is 0 Å². The molecule has 0 saturated carbocycles. The third kappa shape index (κ3) is 4.44. The Morgan fingerprint density at radius 1 is 0.900 bits per heavy atom. The van der Waals surface area contributed by atoms with Crippen LogP contribution in [-0.2, 0) is 0 Å². The molecule has 3 nitrogen and oxygen atoms in total. The Morgan fingerprint density at radius 3 is 2.00 bits per heavy atom. The lowest BCUT2D eigenvalue weighted by Gasteiger charge is -2.37. The predicted octanol–water partition coefficient (Wildman–Crippen LogP) is 2.57. The summed E-state index contributed by atoms with van der Waals surface area (Å²) in [5.74, 6) is 0.761. The summed E-state index contributed by atoms with van der Waals surface area (Å²) in [5.41, 5.74) is 0. The summed E-state index contributed by atoms with van der Waals surface area (Å²) < 4.78 is 0. The monoisotopic (exact) mass is 281 g/mol. The van der Waals surface area contributed by atoms with Gasteiger partial charge in [-0.25, -0.2) is 0 Å². The van der Waals surface area contributed by atoms with Crippen LogP contribution in [0.2, 0.25) is 0 Å². The first kappa shape index (κ1) is 16.3. The molecule has 20 heavy (non-hydrogen) atoms. The molecule has 0 spiro atoms. The molecule has 1 unspecified atom stereocenters. The van der Waals surface area contributed by atoms with E-state index in [-0.39, 0.29) is 0 Å². The van der Waals surface area contributed by atoms with Crippen LogP contribution in [0, 0.1) is 5.92 Å². The highest BCUT2D eigenvalue weighted by Gasteiger charge is 2.26.